The van der Waals surface area contributed by atoms with Crippen LogP contribution in [0.3, 0.4) is 0 Å². The lowest BCUT2D eigenvalue weighted by Gasteiger charge is -2.38. The van der Waals surface area contributed by atoms with E-state index in [9.17, 15) is 13.2 Å². The van der Waals surface area contributed by atoms with Gasteiger partial charge in [-0.15, -0.1) is 0 Å². The summed E-state index contributed by atoms with van der Waals surface area (Å²) in [7, 11) is -3.69. The number of carbonyl (C=O) groups is 1. The lowest BCUT2D eigenvalue weighted by Crippen LogP contribution is -2.48. The Morgan fingerprint density at radius 3 is 2.58 bits per heavy atom. The Kier molecular flexibility index (Phi) is 8.08. The Bertz CT molecular complexity index is 1220. The van der Waals surface area contributed by atoms with Gasteiger partial charge in [-0.3, -0.25) is 4.79 Å². The molecule has 0 aromatic heterocycles. The minimum Gasteiger partial charge on any atom is -0.381 e. The Morgan fingerprint density at radius 2 is 1.92 bits per heavy atom. The molecule has 2 saturated heterocycles. The second-order valence-corrected chi connectivity index (χ2v) is 11.6. The summed E-state index contributed by atoms with van der Waals surface area (Å²) in [5.41, 5.74) is 0.609. The van der Waals surface area contributed by atoms with Crippen molar-refractivity contribution >= 4 is 15.9 Å². The summed E-state index contributed by atoms with van der Waals surface area (Å²) in [6.45, 7) is 2.77. The van der Waals surface area contributed by atoms with Crippen molar-refractivity contribution < 1.29 is 22.3 Å². The molecule has 4 rings (SSSR count). The lowest BCUT2D eigenvalue weighted by atomic mass is 9.73. The van der Waals surface area contributed by atoms with Crippen molar-refractivity contribution in [3.8, 4) is 6.07 Å². The average molecular weight is 514 g/mol. The van der Waals surface area contributed by atoms with Crippen LogP contribution in [-0.4, -0.2) is 44.4 Å². The summed E-state index contributed by atoms with van der Waals surface area (Å²) < 4.78 is 49.4. The fraction of sp³-hybridized carbons (Fsp3) is 0.481. The van der Waals surface area contributed by atoms with E-state index in [1.807, 2.05) is 43.3 Å². The number of amides is 1. The van der Waals surface area contributed by atoms with E-state index in [-0.39, 0.29) is 37.0 Å². The van der Waals surface area contributed by atoms with Crippen LogP contribution in [0, 0.1) is 17.1 Å². The molecule has 7 nitrogen and oxygen atoms in total. The molecule has 36 heavy (non-hydrogen) atoms. The van der Waals surface area contributed by atoms with E-state index < -0.39 is 26.5 Å². The fourth-order valence-electron chi connectivity index (χ4n) is 5.26. The van der Waals surface area contributed by atoms with Crippen molar-refractivity contribution in [2.45, 2.75) is 62.3 Å². The van der Waals surface area contributed by atoms with E-state index in [0.717, 1.165) is 5.56 Å². The Morgan fingerprint density at radius 1 is 1.19 bits per heavy atom. The number of nitrogens with one attached hydrogen (secondary N) is 1. The summed E-state index contributed by atoms with van der Waals surface area (Å²) in [6, 6.07) is 15.6. The molecule has 2 aliphatic rings. The van der Waals surface area contributed by atoms with Gasteiger partial charge in [-0.25, -0.2) is 12.8 Å². The Labute approximate surface area is 212 Å². The standard InChI is InChI=1S/C27H32FN3O4S/c1-20-8-11-25(21-6-3-2-4-7-21)36(33,34)31(20)19-22-9-10-23(18-24(22)28)27(12-16-35-17-13-27)26(32)30-15-5-14-29/h2-4,6-7,9-10,18,20,25H,5,8,11-13,15-17,19H2,1H3,(H,30,32)/t20?,25-/m1/s1. The highest BCUT2D eigenvalue weighted by molar-refractivity contribution is 7.89. The summed E-state index contributed by atoms with van der Waals surface area (Å²) in [6.07, 6.45) is 2.21. The number of nitrogens with zero attached hydrogens (tertiary/aromatic N) is 2. The second-order valence-electron chi connectivity index (χ2n) is 9.58. The maximum absolute atomic E-state index is 15.5. The molecule has 9 heteroatoms. The lowest BCUT2D eigenvalue weighted by molar-refractivity contribution is -0.130. The van der Waals surface area contributed by atoms with E-state index in [4.69, 9.17) is 10.00 Å². The summed E-state index contributed by atoms with van der Waals surface area (Å²) >= 11 is 0. The first-order chi connectivity index (χ1) is 17.3. The summed E-state index contributed by atoms with van der Waals surface area (Å²) in [4.78, 5) is 13.1. The van der Waals surface area contributed by atoms with Gasteiger partial charge < -0.3 is 10.1 Å². The molecule has 2 aliphatic heterocycles. The van der Waals surface area contributed by atoms with Gasteiger partial charge in [0.15, 0.2) is 0 Å². The number of carbonyl (C=O) groups excluding carboxylic acids is 1. The van der Waals surface area contributed by atoms with E-state index >= 15 is 4.39 Å². The molecular formula is C27H32FN3O4S. The Balaban J connectivity index is 1.60. The van der Waals surface area contributed by atoms with Gasteiger partial charge >= 0.3 is 0 Å². The first-order valence-electron chi connectivity index (χ1n) is 12.4. The molecule has 192 valence electrons. The van der Waals surface area contributed by atoms with Crippen LogP contribution in [0.1, 0.15) is 61.0 Å². The van der Waals surface area contributed by atoms with Gasteiger partial charge in [0.05, 0.1) is 17.9 Å². The number of nitriles is 1. The number of sulfonamides is 1. The van der Waals surface area contributed by atoms with Crippen LogP contribution in [0.4, 0.5) is 4.39 Å². The molecule has 2 aromatic carbocycles. The van der Waals surface area contributed by atoms with Crippen LogP contribution in [0.15, 0.2) is 48.5 Å². The quantitative estimate of drug-likeness (QED) is 0.565. The highest BCUT2D eigenvalue weighted by Crippen LogP contribution is 2.39. The maximum Gasteiger partial charge on any atom is 0.230 e. The predicted octanol–water partition coefficient (Wildman–Crippen LogP) is 3.96. The number of hydrogen-bond donors (Lipinski definition) is 1. The molecule has 0 saturated carbocycles. The summed E-state index contributed by atoms with van der Waals surface area (Å²) in [5.74, 6) is -0.779. The van der Waals surface area contributed by atoms with E-state index in [2.05, 4.69) is 5.32 Å². The monoisotopic (exact) mass is 513 g/mol. The van der Waals surface area contributed by atoms with Crippen LogP contribution in [0.5, 0.6) is 0 Å². The van der Waals surface area contributed by atoms with Crippen LogP contribution in [0.2, 0.25) is 0 Å². The van der Waals surface area contributed by atoms with Crippen molar-refractivity contribution in [1.82, 2.24) is 9.62 Å². The molecule has 2 aromatic rings. The predicted molar refractivity (Wildman–Crippen MR) is 134 cm³/mol. The zero-order valence-electron chi connectivity index (χ0n) is 20.5. The van der Waals surface area contributed by atoms with Gasteiger partial charge in [0.1, 0.15) is 11.1 Å². The van der Waals surface area contributed by atoms with Crippen molar-refractivity contribution in [1.29, 1.82) is 5.26 Å². The van der Waals surface area contributed by atoms with Crippen LogP contribution < -0.4 is 5.32 Å². The smallest absolute Gasteiger partial charge is 0.230 e. The molecule has 0 aliphatic carbocycles. The number of ether oxygens (including phenoxy) is 1. The van der Waals surface area contributed by atoms with Gasteiger partial charge in [0.2, 0.25) is 15.9 Å². The third-order valence-corrected chi connectivity index (χ3v) is 9.80. The number of hydrogen-bond acceptors (Lipinski definition) is 5. The minimum absolute atomic E-state index is 0.0660. The largest absolute Gasteiger partial charge is 0.381 e. The van der Waals surface area contributed by atoms with Gasteiger partial charge in [-0.1, -0.05) is 42.5 Å². The minimum atomic E-state index is -3.69. The van der Waals surface area contributed by atoms with Crippen LogP contribution in [0.25, 0.3) is 0 Å². The Hall–Kier alpha value is -2.80. The first-order valence-corrected chi connectivity index (χ1v) is 13.9. The first kappa shape index (κ1) is 26.3. The van der Waals surface area contributed by atoms with Crippen molar-refractivity contribution in [2.24, 2.45) is 0 Å². The maximum atomic E-state index is 15.5. The molecule has 0 radical (unpaired) electrons. The molecule has 2 heterocycles. The van der Waals surface area contributed by atoms with Crippen molar-refractivity contribution in [2.75, 3.05) is 19.8 Å². The molecule has 0 spiro atoms. The van der Waals surface area contributed by atoms with Crippen LogP contribution >= 0.6 is 0 Å². The molecule has 1 amide bonds. The molecule has 0 bridgehead atoms. The highest BCUT2D eigenvalue weighted by atomic mass is 32.2. The van der Waals surface area contributed by atoms with Gasteiger partial charge in [-0.2, -0.15) is 9.57 Å². The van der Waals surface area contributed by atoms with E-state index in [0.29, 0.717) is 44.5 Å². The van der Waals surface area contributed by atoms with Crippen LogP contribution in [-0.2, 0) is 31.5 Å². The van der Waals surface area contributed by atoms with E-state index in [1.165, 1.54) is 10.4 Å². The highest BCUT2D eigenvalue weighted by Gasteiger charge is 2.43. The van der Waals surface area contributed by atoms with Gasteiger partial charge in [0, 0.05) is 37.9 Å². The molecular weight excluding hydrogens is 481 g/mol. The normalized spacial score (nSPS) is 23.5. The third-order valence-electron chi connectivity index (χ3n) is 7.43. The average Bonchev–Trinajstić information content (AvgIpc) is 2.88. The number of rotatable bonds is 7. The number of halogens is 1. The van der Waals surface area contributed by atoms with Crippen molar-refractivity contribution in [3.63, 3.8) is 0 Å². The van der Waals surface area contributed by atoms with Gasteiger partial charge in [-0.05, 0) is 49.8 Å². The summed E-state index contributed by atoms with van der Waals surface area (Å²) in [5, 5.41) is 10.9. The van der Waals surface area contributed by atoms with Gasteiger partial charge in [0.25, 0.3) is 0 Å². The topological polar surface area (TPSA) is 99.5 Å². The number of benzene rings is 2. The third kappa shape index (κ3) is 5.17. The van der Waals surface area contributed by atoms with Crippen molar-refractivity contribution in [3.05, 3.63) is 71.0 Å². The second kappa shape index (κ2) is 11.1. The molecule has 1 N–H and O–H groups in total. The van der Waals surface area contributed by atoms with E-state index in [1.54, 1.807) is 12.1 Å². The SMILES string of the molecule is CC1CC[C@H](c2ccccc2)S(=O)(=O)N1Cc1ccc(C2(C(=O)NCCC#N)CCOCC2)cc1F. The fourth-order valence-corrected chi connectivity index (χ4v) is 7.45. The molecule has 2 atom stereocenters. The zero-order valence-corrected chi connectivity index (χ0v) is 21.3. The zero-order chi connectivity index (χ0) is 25.8. The molecule has 1 unspecified atom stereocenters. The molecule has 2 fully saturated rings.